The van der Waals surface area contributed by atoms with E-state index in [-0.39, 0.29) is 18.6 Å². The lowest BCUT2D eigenvalue weighted by Crippen LogP contribution is -2.47. The van der Waals surface area contributed by atoms with Crippen LogP contribution in [-0.4, -0.2) is 25.2 Å². The molecule has 1 heterocycles. The standard InChI is InChI=1S/C14H16N2O2/c1-10-3-4-13(11(2)7-10)16-8-12(5-6-15)18-9-14(16)17/h3-4,7,12H,5,8-9H2,1-2H3. The number of carbonyl (C=O) groups is 1. The topological polar surface area (TPSA) is 53.3 Å². The number of aryl methyl sites for hydroxylation is 2. The first-order valence-electron chi connectivity index (χ1n) is 5.98. The van der Waals surface area contributed by atoms with E-state index in [2.05, 4.69) is 12.1 Å². The predicted octanol–water partition coefficient (Wildman–Crippen LogP) is 1.95. The molecule has 1 saturated heterocycles. The van der Waals surface area contributed by atoms with Crippen LogP contribution in [0.2, 0.25) is 0 Å². The summed E-state index contributed by atoms with van der Waals surface area (Å²) in [6, 6.07) is 8.08. The van der Waals surface area contributed by atoms with E-state index in [4.69, 9.17) is 10.00 Å². The Morgan fingerprint density at radius 1 is 1.50 bits per heavy atom. The number of amides is 1. The normalized spacial score (nSPS) is 19.7. The van der Waals surface area contributed by atoms with E-state index in [1.165, 1.54) is 5.56 Å². The van der Waals surface area contributed by atoms with E-state index in [0.29, 0.717) is 13.0 Å². The van der Waals surface area contributed by atoms with Crippen molar-refractivity contribution in [1.82, 2.24) is 0 Å². The summed E-state index contributed by atoms with van der Waals surface area (Å²) < 4.78 is 5.33. The molecule has 0 bridgehead atoms. The van der Waals surface area contributed by atoms with Gasteiger partial charge < -0.3 is 9.64 Å². The van der Waals surface area contributed by atoms with Gasteiger partial charge in [-0.3, -0.25) is 4.79 Å². The molecule has 18 heavy (non-hydrogen) atoms. The number of hydrogen-bond donors (Lipinski definition) is 0. The highest BCUT2D eigenvalue weighted by Gasteiger charge is 2.27. The van der Waals surface area contributed by atoms with Crippen LogP contribution in [0.5, 0.6) is 0 Å². The Hall–Kier alpha value is -1.86. The first-order valence-corrected chi connectivity index (χ1v) is 5.98. The van der Waals surface area contributed by atoms with Crippen molar-refractivity contribution >= 4 is 11.6 Å². The summed E-state index contributed by atoms with van der Waals surface area (Å²) in [5, 5.41) is 8.70. The third kappa shape index (κ3) is 2.52. The summed E-state index contributed by atoms with van der Waals surface area (Å²) in [5.74, 6) is -0.0452. The van der Waals surface area contributed by atoms with Crippen molar-refractivity contribution in [3.63, 3.8) is 0 Å². The van der Waals surface area contributed by atoms with E-state index in [9.17, 15) is 4.79 Å². The Morgan fingerprint density at radius 3 is 2.94 bits per heavy atom. The molecule has 4 nitrogen and oxygen atoms in total. The summed E-state index contributed by atoms with van der Waals surface area (Å²) in [7, 11) is 0. The zero-order valence-corrected chi connectivity index (χ0v) is 10.6. The first-order chi connectivity index (χ1) is 8.61. The zero-order chi connectivity index (χ0) is 13.1. The van der Waals surface area contributed by atoms with E-state index < -0.39 is 0 Å². The lowest BCUT2D eigenvalue weighted by Gasteiger charge is -2.32. The number of nitrogens with zero attached hydrogens (tertiary/aromatic N) is 2. The van der Waals surface area contributed by atoms with Gasteiger partial charge in [0, 0.05) is 5.69 Å². The molecule has 0 N–H and O–H groups in total. The molecule has 0 aliphatic carbocycles. The second-order valence-corrected chi connectivity index (χ2v) is 4.59. The Balaban J connectivity index is 2.24. The van der Waals surface area contributed by atoms with Crippen LogP contribution >= 0.6 is 0 Å². The predicted molar refractivity (Wildman–Crippen MR) is 68.2 cm³/mol. The van der Waals surface area contributed by atoms with Gasteiger partial charge in [-0.15, -0.1) is 0 Å². The largest absolute Gasteiger partial charge is 0.365 e. The lowest BCUT2D eigenvalue weighted by molar-refractivity contribution is -0.129. The van der Waals surface area contributed by atoms with Crippen LogP contribution in [0.15, 0.2) is 18.2 Å². The second kappa shape index (κ2) is 5.19. The van der Waals surface area contributed by atoms with E-state index in [0.717, 1.165) is 11.3 Å². The third-order valence-electron chi connectivity index (χ3n) is 3.09. The molecule has 1 aromatic carbocycles. The first kappa shape index (κ1) is 12.6. The van der Waals surface area contributed by atoms with Gasteiger partial charge in [-0.1, -0.05) is 17.7 Å². The molecular formula is C14H16N2O2. The van der Waals surface area contributed by atoms with Crippen molar-refractivity contribution in [2.45, 2.75) is 26.4 Å². The van der Waals surface area contributed by atoms with Crippen LogP contribution in [0.3, 0.4) is 0 Å². The Labute approximate surface area is 107 Å². The Morgan fingerprint density at radius 2 is 2.28 bits per heavy atom. The molecule has 4 heteroatoms. The smallest absolute Gasteiger partial charge is 0.253 e. The maximum absolute atomic E-state index is 11.9. The van der Waals surface area contributed by atoms with Crippen molar-refractivity contribution in [2.75, 3.05) is 18.1 Å². The van der Waals surface area contributed by atoms with Gasteiger partial charge in [0.15, 0.2) is 0 Å². The van der Waals surface area contributed by atoms with Gasteiger partial charge in [0.1, 0.15) is 6.61 Å². The zero-order valence-electron chi connectivity index (χ0n) is 10.6. The number of anilines is 1. The third-order valence-corrected chi connectivity index (χ3v) is 3.09. The van der Waals surface area contributed by atoms with Gasteiger partial charge in [0.05, 0.1) is 25.1 Å². The van der Waals surface area contributed by atoms with Crippen LogP contribution in [0.25, 0.3) is 0 Å². The number of morpholine rings is 1. The van der Waals surface area contributed by atoms with Crippen LogP contribution in [0.1, 0.15) is 17.5 Å². The van der Waals surface area contributed by atoms with Crippen molar-refractivity contribution < 1.29 is 9.53 Å². The molecular weight excluding hydrogens is 228 g/mol. The van der Waals surface area contributed by atoms with Gasteiger partial charge >= 0.3 is 0 Å². The number of rotatable bonds is 2. The van der Waals surface area contributed by atoms with Crippen molar-refractivity contribution in [3.05, 3.63) is 29.3 Å². The number of hydrogen-bond acceptors (Lipinski definition) is 3. The quantitative estimate of drug-likeness (QED) is 0.799. The van der Waals surface area contributed by atoms with Gasteiger partial charge in [0.2, 0.25) is 0 Å². The fourth-order valence-corrected chi connectivity index (χ4v) is 2.19. The highest BCUT2D eigenvalue weighted by Crippen LogP contribution is 2.24. The number of ether oxygens (including phenoxy) is 1. The SMILES string of the molecule is Cc1ccc(N2CC(CC#N)OCC2=O)c(C)c1. The van der Waals surface area contributed by atoms with Crippen molar-refractivity contribution in [2.24, 2.45) is 0 Å². The minimum Gasteiger partial charge on any atom is -0.365 e. The Kier molecular flexibility index (Phi) is 3.63. The molecule has 1 amide bonds. The molecule has 0 spiro atoms. The van der Waals surface area contributed by atoms with Crippen LogP contribution < -0.4 is 4.90 Å². The lowest BCUT2D eigenvalue weighted by atomic mass is 10.1. The molecule has 2 rings (SSSR count). The highest BCUT2D eigenvalue weighted by atomic mass is 16.5. The second-order valence-electron chi connectivity index (χ2n) is 4.59. The maximum atomic E-state index is 11.9. The maximum Gasteiger partial charge on any atom is 0.253 e. The molecule has 1 unspecified atom stereocenters. The van der Waals surface area contributed by atoms with E-state index in [1.54, 1.807) is 4.90 Å². The van der Waals surface area contributed by atoms with Gasteiger partial charge in [-0.05, 0) is 25.5 Å². The Bertz CT molecular complexity index is 505. The van der Waals surface area contributed by atoms with Crippen LogP contribution in [0.4, 0.5) is 5.69 Å². The monoisotopic (exact) mass is 244 g/mol. The summed E-state index contributed by atoms with van der Waals surface area (Å²) in [4.78, 5) is 13.6. The van der Waals surface area contributed by atoms with Gasteiger partial charge in [-0.25, -0.2) is 0 Å². The molecule has 0 saturated carbocycles. The molecule has 1 atom stereocenters. The van der Waals surface area contributed by atoms with Crippen LogP contribution in [0, 0.1) is 25.2 Å². The molecule has 1 fully saturated rings. The molecule has 0 radical (unpaired) electrons. The van der Waals surface area contributed by atoms with E-state index >= 15 is 0 Å². The van der Waals surface area contributed by atoms with Crippen molar-refractivity contribution in [3.8, 4) is 6.07 Å². The summed E-state index contributed by atoms with van der Waals surface area (Å²) >= 11 is 0. The molecule has 94 valence electrons. The van der Waals surface area contributed by atoms with Gasteiger partial charge in [-0.2, -0.15) is 5.26 Å². The van der Waals surface area contributed by atoms with E-state index in [1.807, 2.05) is 26.0 Å². The average molecular weight is 244 g/mol. The molecule has 1 aliphatic heterocycles. The summed E-state index contributed by atoms with van der Waals surface area (Å²) in [5.41, 5.74) is 3.16. The van der Waals surface area contributed by atoms with Gasteiger partial charge in [0.25, 0.3) is 5.91 Å². The molecule has 0 aromatic heterocycles. The fourth-order valence-electron chi connectivity index (χ4n) is 2.19. The minimum absolute atomic E-state index is 0.0452. The number of carbonyl (C=O) groups excluding carboxylic acids is 1. The highest BCUT2D eigenvalue weighted by molar-refractivity contribution is 5.95. The summed E-state index contributed by atoms with van der Waals surface area (Å²) in [6.07, 6.45) is 0.128. The average Bonchev–Trinajstić information content (AvgIpc) is 2.33. The number of benzene rings is 1. The molecule has 1 aromatic rings. The summed E-state index contributed by atoms with van der Waals surface area (Å²) in [6.45, 7) is 4.52. The fraction of sp³-hybridized carbons (Fsp3) is 0.429. The van der Waals surface area contributed by atoms with Crippen molar-refractivity contribution in [1.29, 1.82) is 5.26 Å². The van der Waals surface area contributed by atoms with Crippen LogP contribution in [-0.2, 0) is 9.53 Å². The number of nitriles is 1. The molecule has 1 aliphatic rings. The minimum atomic E-state index is -0.187.